The fraction of sp³-hybridized carbons (Fsp3) is 0.650. The number of guanidine groups is 1. The van der Waals surface area contributed by atoms with E-state index in [-0.39, 0.29) is 41.8 Å². The summed E-state index contributed by atoms with van der Waals surface area (Å²) in [5, 5.41) is 15.9. The fourth-order valence-electron chi connectivity index (χ4n) is 3.51. The maximum atomic E-state index is 13.1. The average Bonchev–Trinajstić information content (AvgIpc) is 2.64. The van der Waals surface area contributed by atoms with Crippen LogP contribution in [0.15, 0.2) is 29.3 Å². The lowest BCUT2D eigenvalue weighted by atomic mass is 9.72. The molecule has 0 unspecified atom stereocenters. The lowest BCUT2D eigenvalue weighted by Gasteiger charge is -2.35. The zero-order valence-corrected chi connectivity index (χ0v) is 18.5. The van der Waals surface area contributed by atoms with Crippen LogP contribution in [0.5, 0.6) is 5.75 Å². The van der Waals surface area contributed by atoms with E-state index in [1.807, 2.05) is 6.92 Å². The molecule has 0 atom stereocenters. The number of benzene rings is 1. The molecule has 0 aliphatic heterocycles. The number of nitrogens with one attached hydrogen (secondary N) is 2. The molecule has 3 N–H and O–H groups in total. The molecule has 154 valence electrons. The number of nitrogens with zero attached hydrogens (tertiary/aromatic N) is 1. The molecule has 7 heteroatoms. The molecule has 0 radical (unpaired) electrons. The first-order valence-corrected chi connectivity index (χ1v) is 9.69. The highest BCUT2D eigenvalue weighted by Crippen LogP contribution is 2.39. The Morgan fingerprint density at radius 3 is 2.70 bits per heavy atom. The second kappa shape index (κ2) is 13.1. The number of aliphatic imine (C=N–C) groups is 1. The Hall–Kier alpha value is -1.09. The molecule has 2 rings (SSSR count). The van der Waals surface area contributed by atoms with Gasteiger partial charge in [-0.05, 0) is 43.7 Å². The Bertz CT molecular complexity index is 560. The lowest BCUT2D eigenvalue weighted by Crippen LogP contribution is -2.40. The molecule has 0 heterocycles. The maximum absolute atomic E-state index is 13.1. The standard InChI is InChI=1S/C20H32FN3O2.HI/c1-2-22-19(23-12-14-26-18-8-6-7-17(21)15-18)24-16-20(11-13-25)9-4-3-5-10-20;/h6-8,15,25H,2-5,9-14,16H2,1H3,(H2,22,23,24);1H. The first-order valence-electron chi connectivity index (χ1n) is 9.69. The lowest BCUT2D eigenvalue weighted by molar-refractivity contribution is 0.137. The summed E-state index contributed by atoms with van der Waals surface area (Å²) in [5.74, 6) is 0.989. The van der Waals surface area contributed by atoms with Crippen LogP contribution in [0.4, 0.5) is 4.39 Å². The summed E-state index contributed by atoms with van der Waals surface area (Å²) < 4.78 is 18.7. The van der Waals surface area contributed by atoms with E-state index >= 15 is 0 Å². The van der Waals surface area contributed by atoms with Gasteiger partial charge in [-0.1, -0.05) is 25.3 Å². The van der Waals surface area contributed by atoms with Crippen LogP contribution in [0.1, 0.15) is 45.4 Å². The minimum Gasteiger partial charge on any atom is -0.492 e. The van der Waals surface area contributed by atoms with Crippen molar-refractivity contribution < 1.29 is 14.2 Å². The minimum absolute atomic E-state index is 0. The highest BCUT2D eigenvalue weighted by atomic mass is 127. The molecule has 1 aliphatic rings. The molecule has 0 aromatic heterocycles. The van der Waals surface area contributed by atoms with Gasteiger partial charge in [-0.15, -0.1) is 24.0 Å². The zero-order valence-electron chi connectivity index (χ0n) is 16.2. The molecule has 0 amide bonds. The van der Waals surface area contributed by atoms with Crippen molar-refractivity contribution in [3.05, 3.63) is 30.1 Å². The van der Waals surface area contributed by atoms with Crippen LogP contribution < -0.4 is 15.4 Å². The van der Waals surface area contributed by atoms with E-state index in [0.29, 0.717) is 18.9 Å². The molecular weight excluding hydrogens is 460 g/mol. The van der Waals surface area contributed by atoms with Crippen LogP contribution in [0.2, 0.25) is 0 Å². The molecule has 1 aliphatic carbocycles. The van der Waals surface area contributed by atoms with Crippen LogP contribution in [-0.2, 0) is 0 Å². The third-order valence-electron chi connectivity index (χ3n) is 4.93. The summed E-state index contributed by atoms with van der Waals surface area (Å²) in [5.41, 5.74) is 0.132. The smallest absolute Gasteiger partial charge is 0.191 e. The third kappa shape index (κ3) is 8.64. The van der Waals surface area contributed by atoms with Gasteiger partial charge in [0.15, 0.2) is 5.96 Å². The third-order valence-corrected chi connectivity index (χ3v) is 4.93. The second-order valence-electron chi connectivity index (χ2n) is 6.96. The number of hydrogen-bond acceptors (Lipinski definition) is 3. The summed E-state index contributed by atoms with van der Waals surface area (Å²) >= 11 is 0. The Morgan fingerprint density at radius 1 is 1.26 bits per heavy atom. The average molecular weight is 493 g/mol. The van der Waals surface area contributed by atoms with E-state index in [0.717, 1.165) is 38.3 Å². The van der Waals surface area contributed by atoms with Crippen LogP contribution in [0.25, 0.3) is 0 Å². The van der Waals surface area contributed by atoms with Crippen LogP contribution >= 0.6 is 24.0 Å². The van der Waals surface area contributed by atoms with E-state index in [9.17, 15) is 9.50 Å². The molecule has 1 fully saturated rings. The molecule has 1 aromatic rings. The van der Waals surface area contributed by atoms with Crippen molar-refractivity contribution in [2.75, 3.05) is 32.8 Å². The van der Waals surface area contributed by atoms with Gasteiger partial charge in [0.05, 0.1) is 6.54 Å². The van der Waals surface area contributed by atoms with Crippen LogP contribution in [-0.4, -0.2) is 43.9 Å². The van der Waals surface area contributed by atoms with Crippen LogP contribution in [0, 0.1) is 11.2 Å². The van der Waals surface area contributed by atoms with Crippen molar-refractivity contribution in [2.24, 2.45) is 10.4 Å². The summed E-state index contributed by atoms with van der Waals surface area (Å²) in [6.45, 7) is 4.77. The maximum Gasteiger partial charge on any atom is 0.191 e. The summed E-state index contributed by atoms with van der Waals surface area (Å²) in [4.78, 5) is 4.75. The van der Waals surface area contributed by atoms with E-state index in [1.54, 1.807) is 12.1 Å². The van der Waals surface area contributed by atoms with E-state index in [2.05, 4.69) is 10.6 Å². The molecular formula is C20H33FIN3O2. The predicted molar refractivity (Wildman–Crippen MR) is 119 cm³/mol. The number of aliphatic hydroxyl groups is 1. The van der Waals surface area contributed by atoms with Crippen LogP contribution in [0.3, 0.4) is 0 Å². The molecule has 27 heavy (non-hydrogen) atoms. The number of rotatable bonds is 9. The normalized spacial score (nSPS) is 16.3. The zero-order chi connectivity index (χ0) is 18.7. The van der Waals surface area contributed by atoms with Gasteiger partial charge < -0.3 is 20.5 Å². The Morgan fingerprint density at radius 2 is 2.04 bits per heavy atom. The molecule has 0 spiro atoms. The largest absolute Gasteiger partial charge is 0.492 e. The highest BCUT2D eigenvalue weighted by molar-refractivity contribution is 14.0. The molecule has 1 aromatic carbocycles. The van der Waals surface area contributed by atoms with Gasteiger partial charge >= 0.3 is 0 Å². The van der Waals surface area contributed by atoms with Gasteiger partial charge in [0, 0.05) is 25.8 Å². The summed E-state index contributed by atoms with van der Waals surface area (Å²) in [7, 11) is 0. The fourth-order valence-corrected chi connectivity index (χ4v) is 3.51. The van der Waals surface area contributed by atoms with Gasteiger partial charge in [-0.3, -0.25) is 4.99 Å². The van der Waals surface area contributed by atoms with Crippen molar-refractivity contribution in [3.63, 3.8) is 0 Å². The number of hydrogen-bond donors (Lipinski definition) is 3. The van der Waals surface area contributed by atoms with E-state index in [4.69, 9.17) is 9.73 Å². The second-order valence-corrected chi connectivity index (χ2v) is 6.96. The SMILES string of the molecule is CCNC(=NCC1(CCO)CCCCC1)NCCOc1cccc(F)c1.I. The molecule has 1 saturated carbocycles. The molecule has 0 saturated heterocycles. The quantitative estimate of drug-likeness (QED) is 0.213. The topological polar surface area (TPSA) is 65.9 Å². The predicted octanol–water partition coefficient (Wildman–Crippen LogP) is 3.71. The van der Waals surface area contributed by atoms with Gasteiger partial charge in [0.1, 0.15) is 18.2 Å². The molecule has 5 nitrogen and oxygen atoms in total. The van der Waals surface area contributed by atoms with E-state index < -0.39 is 0 Å². The summed E-state index contributed by atoms with van der Waals surface area (Å²) in [6.07, 6.45) is 6.82. The van der Waals surface area contributed by atoms with Crippen molar-refractivity contribution in [1.29, 1.82) is 0 Å². The van der Waals surface area contributed by atoms with Gasteiger partial charge in [-0.25, -0.2) is 4.39 Å². The number of ether oxygens (including phenoxy) is 1. The monoisotopic (exact) mass is 493 g/mol. The molecule has 0 bridgehead atoms. The Kier molecular flexibility index (Phi) is 11.7. The Balaban J connectivity index is 0.00000364. The van der Waals surface area contributed by atoms with Crippen molar-refractivity contribution in [3.8, 4) is 5.75 Å². The highest BCUT2D eigenvalue weighted by Gasteiger charge is 2.31. The first-order chi connectivity index (χ1) is 12.7. The number of halogens is 2. The van der Waals surface area contributed by atoms with Gasteiger partial charge in [0.25, 0.3) is 0 Å². The van der Waals surface area contributed by atoms with Crippen molar-refractivity contribution in [2.45, 2.75) is 45.4 Å². The van der Waals surface area contributed by atoms with E-state index in [1.165, 1.54) is 31.4 Å². The van der Waals surface area contributed by atoms with Gasteiger partial charge in [-0.2, -0.15) is 0 Å². The summed E-state index contributed by atoms with van der Waals surface area (Å²) in [6, 6.07) is 6.15. The van der Waals surface area contributed by atoms with Crippen molar-refractivity contribution in [1.82, 2.24) is 10.6 Å². The first kappa shape index (κ1) is 23.9. The number of aliphatic hydroxyl groups excluding tert-OH is 1. The van der Waals surface area contributed by atoms with Gasteiger partial charge in [0.2, 0.25) is 0 Å². The Labute approximate surface area is 179 Å². The van der Waals surface area contributed by atoms with Crippen molar-refractivity contribution >= 4 is 29.9 Å². The minimum atomic E-state index is -0.299.